The van der Waals surface area contributed by atoms with Gasteiger partial charge in [-0.1, -0.05) is 229 Å². The molecular formula is C66H46B2N6O2. The molecule has 9 aromatic carbocycles. The number of benzene rings is 9. The Morgan fingerprint density at radius 2 is 0.855 bits per heavy atom. The summed E-state index contributed by atoms with van der Waals surface area (Å²) in [5.41, 5.74) is 10.6. The maximum Gasteiger partial charge on any atom is 0.328 e. The van der Waals surface area contributed by atoms with Crippen LogP contribution in [-0.2, 0) is 6.42 Å². The van der Waals surface area contributed by atoms with E-state index < -0.39 is 13.7 Å². The van der Waals surface area contributed by atoms with E-state index in [4.69, 9.17) is 18.8 Å². The van der Waals surface area contributed by atoms with Crippen molar-refractivity contribution >= 4 is 101 Å². The monoisotopic (exact) mass is 976 g/mol. The van der Waals surface area contributed by atoms with Crippen LogP contribution < -0.4 is 32.5 Å². The van der Waals surface area contributed by atoms with E-state index in [1.165, 1.54) is 0 Å². The van der Waals surface area contributed by atoms with Crippen LogP contribution in [0.4, 0.5) is 0 Å². The van der Waals surface area contributed by atoms with Gasteiger partial charge in [-0.25, -0.2) is 9.97 Å². The number of hydrogen-bond acceptors (Lipinski definition) is 6. The predicted molar refractivity (Wildman–Crippen MR) is 309 cm³/mol. The molecule has 0 aliphatic rings. The van der Waals surface area contributed by atoms with Crippen molar-refractivity contribution in [3.63, 3.8) is 0 Å². The lowest BCUT2D eigenvalue weighted by atomic mass is 9.50. The van der Waals surface area contributed by atoms with Gasteiger partial charge in [0.2, 0.25) is 11.8 Å². The Balaban J connectivity index is 1.33. The van der Waals surface area contributed by atoms with E-state index >= 15 is 0 Å². The molecule has 0 saturated heterocycles. The number of hydrogen-bond donors (Lipinski definition) is 0. The zero-order valence-electron chi connectivity index (χ0n) is 41.9. The third kappa shape index (κ3) is 7.70. The predicted octanol–water partition coefficient (Wildman–Crippen LogP) is 10.7. The molecule has 13 aromatic rings. The smallest absolute Gasteiger partial charge is 0.328 e. The SMILES string of the molecule is CCCc1c2/c(=C(\C#N)c3nc4cc5ccccc5cc4o3)n(B(c3ccccc3)c3ccccc3)c(-c3ccccc3C)c2/c(=C(\C#N)c2nc3cc4ccccc4cc3o2)n1B(c1ccccc1)c1ccccc1. The molecule has 0 unspecified atom stereocenters. The quantitative estimate of drug-likeness (QED) is 0.119. The molecule has 13 rings (SSSR count). The number of fused-ring (bicyclic) bond motifs is 5. The second-order valence-electron chi connectivity index (χ2n) is 19.3. The van der Waals surface area contributed by atoms with Crippen LogP contribution >= 0.6 is 0 Å². The van der Waals surface area contributed by atoms with Crippen LogP contribution in [0.5, 0.6) is 0 Å². The van der Waals surface area contributed by atoms with Crippen LogP contribution in [0.1, 0.15) is 36.4 Å². The molecule has 0 radical (unpaired) electrons. The molecule has 358 valence electrons. The first kappa shape index (κ1) is 45.9. The van der Waals surface area contributed by atoms with Gasteiger partial charge in [-0.3, -0.25) is 0 Å². The molecule has 10 heteroatoms. The van der Waals surface area contributed by atoms with Crippen LogP contribution in [0, 0.1) is 29.6 Å². The number of aryl methyl sites for hydroxylation is 2. The first-order chi connectivity index (χ1) is 37.5. The third-order valence-electron chi connectivity index (χ3n) is 14.8. The number of rotatable bonds is 11. The highest BCUT2D eigenvalue weighted by atomic mass is 16.4. The van der Waals surface area contributed by atoms with Crippen molar-refractivity contribution < 1.29 is 8.83 Å². The van der Waals surface area contributed by atoms with Crippen molar-refractivity contribution in [3.8, 4) is 23.4 Å². The zero-order valence-corrected chi connectivity index (χ0v) is 41.9. The van der Waals surface area contributed by atoms with Gasteiger partial charge in [0.05, 0.1) is 10.7 Å². The Morgan fingerprint density at radius 3 is 1.28 bits per heavy atom. The molecule has 4 aromatic heterocycles. The van der Waals surface area contributed by atoms with Crippen LogP contribution in [0.25, 0.3) is 76.9 Å². The summed E-state index contributed by atoms with van der Waals surface area (Å²) in [7, 11) is 0. The summed E-state index contributed by atoms with van der Waals surface area (Å²) in [6.07, 6.45) is 1.29. The molecule has 0 N–H and O–H groups in total. The van der Waals surface area contributed by atoms with Gasteiger partial charge in [-0.05, 0) is 64.7 Å². The van der Waals surface area contributed by atoms with Crippen LogP contribution in [-0.4, -0.2) is 32.6 Å². The lowest BCUT2D eigenvalue weighted by Gasteiger charge is -2.24. The van der Waals surface area contributed by atoms with Crippen molar-refractivity contribution in [2.45, 2.75) is 26.7 Å². The molecule has 8 nitrogen and oxygen atoms in total. The van der Waals surface area contributed by atoms with Crippen molar-refractivity contribution in [1.29, 1.82) is 10.5 Å². The fourth-order valence-corrected chi connectivity index (χ4v) is 11.5. The van der Waals surface area contributed by atoms with Crippen LogP contribution in [0.15, 0.2) is 227 Å². The van der Waals surface area contributed by atoms with E-state index in [9.17, 15) is 10.5 Å². The lowest BCUT2D eigenvalue weighted by molar-refractivity contribution is 0.585. The van der Waals surface area contributed by atoms with E-state index in [1.807, 2.05) is 72.8 Å². The summed E-state index contributed by atoms with van der Waals surface area (Å²) in [6, 6.07) is 80.0. The molecule has 0 spiro atoms. The normalized spacial score (nSPS) is 12.3. The largest absolute Gasteiger partial charge is 0.435 e. The van der Waals surface area contributed by atoms with Crippen molar-refractivity contribution in [3.05, 3.63) is 252 Å². The van der Waals surface area contributed by atoms with Gasteiger partial charge in [-0.2, -0.15) is 10.5 Å². The highest BCUT2D eigenvalue weighted by molar-refractivity contribution is 6.85. The first-order valence-electron chi connectivity index (χ1n) is 25.7. The average molecular weight is 977 g/mol. The lowest BCUT2D eigenvalue weighted by Crippen LogP contribution is -2.54. The van der Waals surface area contributed by atoms with Crippen LogP contribution in [0.2, 0.25) is 0 Å². The summed E-state index contributed by atoms with van der Waals surface area (Å²) < 4.78 is 18.4. The van der Waals surface area contributed by atoms with Crippen LogP contribution in [0.3, 0.4) is 0 Å². The Morgan fingerprint density at radius 1 is 0.474 bits per heavy atom. The number of aromatic nitrogens is 4. The van der Waals surface area contributed by atoms with E-state index in [2.05, 4.69) is 181 Å². The van der Waals surface area contributed by atoms with Gasteiger partial charge in [-0.15, -0.1) is 0 Å². The summed E-state index contributed by atoms with van der Waals surface area (Å²) >= 11 is 0. The van der Waals surface area contributed by atoms with E-state index in [0.29, 0.717) is 39.3 Å². The Hall–Kier alpha value is -9.89. The first-order valence-corrected chi connectivity index (χ1v) is 25.7. The summed E-state index contributed by atoms with van der Waals surface area (Å²) in [5.74, 6) is 0.388. The third-order valence-corrected chi connectivity index (χ3v) is 14.8. The molecule has 0 aliphatic heterocycles. The number of nitrogens with zero attached hydrogens (tertiary/aromatic N) is 6. The maximum atomic E-state index is 12.2. The highest BCUT2D eigenvalue weighted by Gasteiger charge is 2.37. The molecule has 0 fully saturated rings. The second kappa shape index (κ2) is 19.2. The molecule has 76 heavy (non-hydrogen) atoms. The highest BCUT2D eigenvalue weighted by Crippen LogP contribution is 2.36. The molecule has 0 bridgehead atoms. The maximum absolute atomic E-state index is 12.2. The molecule has 4 heterocycles. The summed E-state index contributed by atoms with van der Waals surface area (Å²) in [6.45, 7) is 3.33. The average Bonchev–Trinajstić information content (AvgIpc) is 4.30. The van der Waals surface area contributed by atoms with E-state index in [0.717, 1.165) is 83.1 Å². The van der Waals surface area contributed by atoms with Gasteiger partial charge in [0.15, 0.2) is 11.2 Å². The Labute approximate surface area is 439 Å². The van der Waals surface area contributed by atoms with Gasteiger partial charge >= 0.3 is 13.7 Å². The fraction of sp³-hybridized carbons (Fsp3) is 0.0606. The van der Waals surface area contributed by atoms with E-state index in [-0.39, 0.29) is 22.9 Å². The number of nitriles is 2. The summed E-state index contributed by atoms with van der Waals surface area (Å²) in [5, 5.41) is 31.2. The van der Waals surface area contributed by atoms with Crippen molar-refractivity contribution in [2.75, 3.05) is 0 Å². The Kier molecular flexibility index (Phi) is 11.6. The molecular weight excluding hydrogens is 930 g/mol. The van der Waals surface area contributed by atoms with Crippen molar-refractivity contribution in [2.24, 2.45) is 0 Å². The molecule has 0 saturated carbocycles. The topological polar surface area (TPSA) is 110 Å². The molecule has 0 atom stereocenters. The number of oxazole rings is 2. The van der Waals surface area contributed by atoms with Gasteiger partial charge < -0.3 is 17.8 Å². The zero-order chi connectivity index (χ0) is 51.3. The minimum Gasteiger partial charge on any atom is -0.435 e. The Bertz CT molecular complexity index is 4270. The molecule has 0 aliphatic carbocycles. The fourth-order valence-electron chi connectivity index (χ4n) is 11.5. The van der Waals surface area contributed by atoms with Crippen molar-refractivity contribution in [1.82, 2.24) is 18.9 Å². The van der Waals surface area contributed by atoms with E-state index in [1.54, 1.807) is 0 Å². The van der Waals surface area contributed by atoms with Gasteiger partial charge in [0.25, 0.3) is 0 Å². The standard InChI is InChI=1S/C66H46B2N6O2/c1-3-22-57-60-61(64(73(57)67(48-28-8-4-9-29-48)49-30-10-5-11-31-49)54(42-70)66-72-56-38-45-25-18-20-27-47(45)40-59(56)76-66)62(52-36-21-16-23-43(52)2)74(68(50-32-12-6-13-33-50)51-34-14-7-15-35-51)63(60)53(41-69)65-71-55-37-44-24-17-19-26-46(44)39-58(55)75-65/h4-21,23-40H,3,22H2,1-2H3/b63-53-,64-54-. The van der Waals surface area contributed by atoms with Gasteiger partial charge in [0.1, 0.15) is 34.3 Å². The minimum atomic E-state index is -0.508. The molecule has 0 amide bonds. The second-order valence-corrected chi connectivity index (χ2v) is 19.3. The van der Waals surface area contributed by atoms with Gasteiger partial charge in [0, 0.05) is 27.7 Å². The minimum absolute atomic E-state index is 0.194. The summed E-state index contributed by atoms with van der Waals surface area (Å²) in [4.78, 5) is 10.4.